The third-order valence-corrected chi connectivity index (χ3v) is 5.62. The van der Waals surface area contributed by atoms with Crippen LogP contribution in [0.4, 0.5) is 0 Å². The Labute approximate surface area is 173 Å². The largest absolute Gasteiger partial charge is 0.463 e. The Hall–Kier alpha value is -3.09. The van der Waals surface area contributed by atoms with E-state index in [4.69, 9.17) is 8.83 Å². The summed E-state index contributed by atoms with van der Waals surface area (Å²) >= 11 is 1.64. The zero-order valence-corrected chi connectivity index (χ0v) is 16.7. The summed E-state index contributed by atoms with van der Waals surface area (Å²) in [5, 5.41) is 5.25. The summed E-state index contributed by atoms with van der Waals surface area (Å²) in [6.07, 6.45) is 3.31. The molecule has 0 unspecified atom stereocenters. The first-order valence-corrected chi connectivity index (χ1v) is 10.4. The second-order valence-corrected chi connectivity index (χ2v) is 7.84. The van der Waals surface area contributed by atoms with E-state index in [9.17, 15) is 4.79 Å². The number of rotatable bonds is 9. The lowest BCUT2D eigenvalue weighted by Gasteiger charge is -2.21. The summed E-state index contributed by atoms with van der Waals surface area (Å²) in [4.78, 5) is 15.2. The molecule has 29 heavy (non-hydrogen) atoms. The fourth-order valence-corrected chi connectivity index (χ4v) is 4.17. The van der Waals surface area contributed by atoms with Crippen LogP contribution >= 0.6 is 11.3 Å². The Morgan fingerprint density at radius 2 is 1.59 bits per heavy atom. The van der Waals surface area contributed by atoms with Crippen molar-refractivity contribution in [2.45, 2.75) is 19.1 Å². The highest BCUT2D eigenvalue weighted by atomic mass is 32.1. The first kappa shape index (κ1) is 19.2. The van der Waals surface area contributed by atoms with E-state index in [0.717, 1.165) is 26.9 Å². The van der Waals surface area contributed by atoms with Crippen LogP contribution in [0.25, 0.3) is 0 Å². The minimum absolute atomic E-state index is 0.0136. The Morgan fingerprint density at radius 3 is 2.14 bits per heavy atom. The van der Waals surface area contributed by atoms with E-state index in [0.29, 0.717) is 19.6 Å². The van der Waals surface area contributed by atoms with E-state index in [2.05, 4.69) is 11.4 Å². The van der Waals surface area contributed by atoms with Crippen molar-refractivity contribution < 1.29 is 18.5 Å². The molecule has 2 N–H and O–H groups in total. The maximum absolute atomic E-state index is 13.0. The molecule has 5 nitrogen and oxygen atoms in total. The number of hydrogen-bond acceptors (Lipinski definition) is 4. The van der Waals surface area contributed by atoms with Crippen molar-refractivity contribution in [3.05, 3.63) is 107 Å². The number of carbonyl (C=O) groups excluding carboxylic acids is 1. The number of thiophene rings is 1. The molecular weight excluding hydrogens is 384 g/mol. The monoisotopic (exact) mass is 407 g/mol. The van der Waals surface area contributed by atoms with Crippen LogP contribution in [0.2, 0.25) is 0 Å². The van der Waals surface area contributed by atoms with E-state index in [1.807, 2.05) is 66.0 Å². The number of amides is 1. The van der Waals surface area contributed by atoms with Crippen LogP contribution in [0.1, 0.15) is 28.0 Å². The van der Waals surface area contributed by atoms with Gasteiger partial charge in [0.1, 0.15) is 13.1 Å². The molecule has 0 aliphatic rings. The molecule has 148 valence electrons. The number of furan rings is 2. The number of carbonyl (C=O) groups is 1. The molecule has 0 bridgehead atoms. The molecule has 0 aliphatic carbocycles. The van der Waals surface area contributed by atoms with E-state index < -0.39 is 0 Å². The number of benzene rings is 1. The van der Waals surface area contributed by atoms with Crippen molar-refractivity contribution in [1.29, 1.82) is 0 Å². The van der Waals surface area contributed by atoms with Gasteiger partial charge in [0.05, 0.1) is 18.6 Å². The van der Waals surface area contributed by atoms with E-state index >= 15 is 0 Å². The molecular formula is C23H23N2O3S+. The normalized spacial score (nSPS) is 12.2. The molecule has 0 radical (unpaired) electrons. The standard InChI is InChI=1S/C23H22N2O3S/c26-22(24-23(21-11-6-14-29-21)18-7-2-1-3-8-18)17-25(15-19-9-4-12-27-19)16-20-10-5-13-28-20/h1-14,23H,15-17H2,(H,24,26)/p+1/t23-/m0/s1. The van der Waals surface area contributed by atoms with Crippen molar-refractivity contribution in [2.24, 2.45) is 0 Å². The van der Waals surface area contributed by atoms with Crippen molar-refractivity contribution in [3.8, 4) is 0 Å². The Kier molecular flexibility index (Phi) is 6.24. The van der Waals surface area contributed by atoms with Gasteiger partial charge in [-0.2, -0.15) is 0 Å². The van der Waals surface area contributed by atoms with Crippen LogP contribution in [-0.2, 0) is 17.9 Å². The predicted molar refractivity (Wildman–Crippen MR) is 111 cm³/mol. The smallest absolute Gasteiger partial charge is 0.275 e. The van der Waals surface area contributed by atoms with Crippen LogP contribution in [-0.4, -0.2) is 12.5 Å². The summed E-state index contributed by atoms with van der Waals surface area (Å²) in [6, 6.07) is 21.5. The molecule has 4 aromatic rings. The van der Waals surface area contributed by atoms with Gasteiger partial charge in [-0.1, -0.05) is 36.4 Å². The summed E-state index contributed by atoms with van der Waals surface area (Å²) in [7, 11) is 0. The molecule has 0 saturated heterocycles. The molecule has 3 aromatic heterocycles. The molecule has 4 rings (SSSR count). The van der Waals surface area contributed by atoms with Crippen LogP contribution in [0, 0.1) is 0 Å². The van der Waals surface area contributed by atoms with Gasteiger partial charge >= 0.3 is 0 Å². The zero-order chi connectivity index (χ0) is 19.9. The quantitative estimate of drug-likeness (QED) is 0.447. The molecule has 0 fully saturated rings. The summed E-state index contributed by atoms with van der Waals surface area (Å²) in [5.74, 6) is 1.68. The van der Waals surface area contributed by atoms with Crippen molar-refractivity contribution >= 4 is 17.2 Å². The highest BCUT2D eigenvalue weighted by molar-refractivity contribution is 7.10. The van der Waals surface area contributed by atoms with Gasteiger partial charge in [0.15, 0.2) is 18.1 Å². The third-order valence-electron chi connectivity index (χ3n) is 4.69. The third kappa shape index (κ3) is 5.25. The molecule has 1 atom stereocenters. The lowest BCUT2D eigenvalue weighted by atomic mass is 10.1. The highest BCUT2D eigenvalue weighted by Gasteiger charge is 2.22. The highest BCUT2D eigenvalue weighted by Crippen LogP contribution is 2.25. The zero-order valence-electron chi connectivity index (χ0n) is 15.9. The second-order valence-electron chi connectivity index (χ2n) is 6.87. The Morgan fingerprint density at radius 1 is 0.897 bits per heavy atom. The van der Waals surface area contributed by atoms with Gasteiger partial charge in [0.2, 0.25) is 0 Å². The van der Waals surface area contributed by atoms with Gasteiger partial charge in [-0.05, 0) is 41.3 Å². The first-order valence-electron chi connectivity index (χ1n) is 9.54. The molecule has 6 heteroatoms. The first-order chi connectivity index (χ1) is 14.3. The van der Waals surface area contributed by atoms with Gasteiger partial charge in [-0.3, -0.25) is 4.79 Å². The molecule has 1 aromatic carbocycles. The number of hydrogen-bond donors (Lipinski definition) is 2. The second kappa shape index (κ2) is 9.41. The predicted octanol–water partition coefficient (Wildman–Crippen LogP) is 3.43. The Balaban J connectivity index is 1.48. The van der Waals surface area contributed by atoms with Crippen LogP contribution < -0.4 is 10.2 Å². The van der Waals surface area contributed by atoms with Gasteiger partial charge < -0.3 is 19.1 Å². The van der Waals surface area contributed by atoms with Gasteiger partial charge in [0.25, 0.3) is 5.91 Å². The van der Waals surface area contributed by atoms with E-state index in [1.165, 1.54) is 0 Å². The maximum atomic E-state index is 13.0. The summed E-state index contributed by atoms with van der Waals surface area (Å²) in [6.45, 7) is 1.53. The van der Waals surface area contributed by atoms with E-state index in [1.54, 1.807) is 23.9 Å². The van der Waals surface area contributed by atoms with Gasteiger partial charge in [-0.15, -0.1) is 11.3 Å². The van der Waals surface area contributed by atoms with Crippen molar-refractivity contribution in [2.75, 3.05) is 6.54 Å². The lowest BCUT2D eigenvalue weighted by molar-refractivity contribution is -0.921. The van der Waals surface area contributed by atoms with Crippen molar-refractivity contribution in [3.63, 3.8) is 0 Å². The Bertz CT molecular complexity index is 944. The van der Waals surface area contributed by atoms with Crippen LogP contribution in [0.15, 0.2) is 93.5 Å². The average Bonchev–Trinajstić information content (AvgIpc) is 3.50. The minimum atomic E-state index is -0.155. The molecule has 0 saturated carbocycles. The topological polar surface area (TPSA) is 59.8 Å². The van der Waals surface area contributed by atoms with Gasteiger partial charge in [-0.25, -0.2) is 0 Å². The lowest BCUT2D eigenvalue weighted by Crippen LogP contribution is -3.10. The number of quaternary nitrogens is 1. The fourth-order valence-electron chi connectivity index (χ4n) is 3.37. The van der Waals surface area contributed by atoms with Crippen molar-refractivity contribution in [1.82, 2.24) is 5.32 Å². The molecule has 0 spiro atoms. The van der Waals surface area contributed by atoms with E-state index in [-0.39, 0.29) is 11.9 Å². The molecule has 1 amide bonds. The molecule has 3 heterocycles. The summed E-state index contributed by atoms with van der Waals surface area (Å²) in [5.41, 5.74) is 1.07. The van der Waals surface area contributed by atoms with Gasteiger partial charge in [0, 0.05) is 4.88 Å². The maximum Gasteiger partial charge on any atom is 0.275 e. The number of nitrogens with one attached hydrogen (secondary N) is 2. The van der Waals surface area contributed by atoms with Crippen LogP contribution in [0.5, 0.6) is 0 Å². The SMILES string of the molecule is O=C(C[NH+](Cc1ccco1)Cc1ccco1)N[C@@H](c1ccccc1)c1cccs1. The average molecular weight is 408 g/mol. The van der Waals surface area contributed by atoms with Crippen LogP contribution in [0.3, 0.4) is 0 Å². The fraction of sp³-hybridized carbons (Fsp3) is 0.174. The molecule has 0 aliphatic heterocycles. The minimum Gasteiger partial charge on any atom is -0.463 e. The summed E-state index contributed by atoms with van der Waals surface area (Å²) < 4.78 is 11.0.